The Morgan fingerprint density at radius 3 is 2.55 bits per heavy atom. The zero-order chi connectivity index (χ0) is 15.7. The summed E-state index contributed by atoms with van der Waals surface area (Å²) in [7, 11) is 0. The normalized spacial score (nSPS) is 21.0. The number of rotatable bonds is 1. The van der Waals surface area contributed by atoms with Gasteiger partial charge in [0.05, 0.1) is 0 Å². The van der Waals surface area contributed by atoms with Crippen LogP contribution in [0.3, 0.4) is 0 Å². The molecule has 0 aromatic heterocycles. The summed E-state index contributed by atoms with van der Waals surface area (Å²) in [5.41, 5.74) is 1.48. The molecule has 1 aliphatic heterocycles. The van der Waals surface area contributed by atoms with Gasteiger partial charge in [0.1, 0.15) is 23.5 Å². The first-order valence-electron chi connectivity index (χ1n) is 6.29. The third-order valence-electron chi connectivity index (χ3n) is 3.11. The number of carbonyl (C=O) groups is 1. The van der Waals surface area contributed by atoms with Crippen LogP contribution in [-0.2, 0) is 4.79 Å². The summed E-state index contributed by atoms with van der Waals surface area (Å²) in [4.78, 5) is 11.3. The third-order valence-corrected chi connectivity index (χ3v) is 3.37. The quantitative estimate of drug-likeness (QED) is 0.834. The van der Waals surface area contributed by atoms with Gasteiger partial charge >= 0.3 is 0 Å². The molecule has 2 aliphatic rings. The highest BCUT2D eigenvalue weighted by molar-refractivity contribution is 6.30. The standard InChI is InChI=1S/C15H10ClN3O3/c16-10-3-1-9(2-4-10)14-15(19(22)8-17-18-14)12-6-5-11(20)7-13(12)21/h1-8,21-22H/b15-12-. The van der Waals surface area contributed by atoms with Crippen molar-refractivity contribution in [1.29, 1.82) is 0 Å². The molecule has 0 fully saturated rings. The second-order valence-corrected chi connectivity index (χ2v) is 5.00. The van der Waals surface area contributed by atoms with Crippen molar-refractivity contribution in [3.63, 3.8) is 0 Å². The van der Waals surface area contributed by atoms with E-state index < -0.39 is 0 Å². The van der Waals surface area contributed by atoms with E-state index in [4.69, 9.17) is 11.6 Å². The fraction of sp³-hybridized carbons (Fsp3) is 0. The van der Waals surface area contributed by atoms with E-state index in [1.54, 1.807) is 24.3 Å². The van der Waals surface area contributed by atoms with Gasteiger partial charge in [-0.05, 0) is 24.3 Å². The number of nitrogens with zero attached hydrogens (tertiary/aromatic N) is 3. The number of aliphatic hydroxyl groups is 1. The Morgan fingerprint density at radius 1 is 1.14 bits per heavy atom. The molecule has 0 unspecified atom stereocenters. The van der Waals surface area contributed by atoms with Gasteiger partial charge in [0, 0.05) is 22.2 Å². The van der Waals surface area contributed by atoms with Crippen molar-refractivity contribution in [2.45, 2.75) is 0 Å². The monoisotopic (exact) mass is 315 g/mol. The summed E-state index contributed by atoms with van der Waals surface area (Å²) >= 11 is 5.86. The fourth-order valence-corrected chi connectivity index (χ4v) is 2.24. The Labute approximate surface area is 130 Å². The summed E-state index contributed by atoms with van der Waals surface area (Å²) in [6.45, 7) is 0. The van der Waals surface area contributed by atoms with Crippen molar-refractivity contribution < 1.29 is 15.1 Å². The number of halogens is 1. The predicted octanol–water partition coefficient (Wildman–Crippen LogP) is 2.61. The third kappa shape index (κ3) is 2.57. The molecular formula is C15H10ClN3O3. The van der Waals surface area contributed by atoms with Gasteiger partial charge in [-0.1, -0.05) is 23.7 Å². The lowest BCUT2D eigenvalue weighted by atomic mass is 9.98. The van der Waals surface area contributed by atoms with Gasteiger partial charge in [-0.25, -0.2) is 5.06 Å². The van der Waals surface area contributed by atoms with Crippen molar-refractivity contribution in [3.05, 3.63) is 70.1 Å². The molecule has 0 spiro atoms. The molecule has 1 aromatic carbocycles. The zero-order valence-corrected chi connectivity index (χ0v) is 11.9. The second kappa shape index (κ2) is 5.59. The van der Waals surface area contributed by atoms with E-state index in [2.05, 4.69) is 10.2 Å². The van der Waals surface area contributed by atoms with E-state index >= 15 is 0 Å². The van der Waals surface area contributed by atoms with Gasteiger partial charge in [0.15, 0.2) is 5.78 Å². The molecule has 110 valence electrons. The van der Waals surface area contributed by atoms with E-state index in [9.17, 15) is 15.1 Å². The lowest BCUT2D eigenvalue weighted by Crippen LogP contribution is -2.28. The maximum atomic E-state index is 11.3. The first kappa shape index (κ1) is 14.2. The first-order valence-corrected chi connectivity index (χ1v) is 6.67. The minimum atomic E-state index is -0.333. The maximum absolute atomic E-state index is 11.3. The molecule has 0 amide bonds. The molecule has 3 rings (SSSR count). The van der Waals surface area contributed by atoms with E-state index in [1.807, 2.05) is 0 Å². The molecule has 0 atom stereocenters. The maximum Gasteiger partial charge on any atom is 0.182 e. The molecule has 7 heteroatoms. The molecule has 0 bridgehead atoms. The lowest BCUT2D eigenvalue weighted by Gasteiger charge is -2.23. The number of allylic oxidation sites excluding steroid dienone is 4. The average Bonchev–Trinajstić information content (AvgIpc) is 2.49. The Bertz CT molecular complexity index is 789. The average molecular weight is 316 g/mol. The van der Waals surface area contributed by atoms with Crippen LogP contribution in [-0.4, -0.2) is 33.2 Å². The van der Waals surface area contributed by atoms with E-state index in [0.717, 1.165) is 17.5 Å². The number of aliphatic hydroxyl groups excluding tert-OH is 1. The highest BCUT2D eigenvalue weighted by Crippen LogP contribution is 2.26. The first-order chi connectivity index (χ1) is 10.6. The zero-order valence-electron chi connectivity index (χ0n) is 11.1. The Hall–Kier alpha value is -2.70. The molecule has 22 heavy (non-hydrogen) atoms. The highest BCUT2D eigenvalue weighted by atomic mass is 35.5. The Kier molecular flexibility index (Phi) is 3.62. The SMILES string of the molecule is O=C1C=C/C(=C2\C(c3ccc(Cl)cc3)=NN=CN2O)C(O)=C1. The van der Waals surface area contributed by atoms with Gasteiger partial charge in [-0.2, -0.15) is 0 Å². The van der Waals surface area contributed by atoms with Crippen molar-refractivity contribution in [2.24, 2.45) is 10.2 Å². The van der Waals surface area contributed by atoms with Crippen LogP contribution in [0.15, 0.2) is 69.7 Å². The van der Waals surface area contributed by atoms with Crippen LogP contribution in [0.25, 0.3) is 0 Å². The topological polar surface area (TPSA) is 85.5 Å². The minimum absolute atomic E-state index is 0.217. The van der Waals surface area contributed by atoms with Gasteiger partial charge in [-0.3, -0.25) is 10.0 Å². The van der Waals surface area contributed by atoms with Gasteiger partial charge < -0.3 is 5.11 Å². The van der Waals surface area contributed by atoms with Gasteiger partial charge in [0.25, 0.3) is 0 Å². The molecule has 0 radical (unpaired) electrons. The van der Waals surface area contributed by atoms with Crippen LogP contribution in [0, 0.1) is 0 Å². The van der Waals surface area contributed by atoms with Crippen LogP contribution < -0.4 is 0 Å². The number of hydrogen-bond acceptors (Lipinski definition) is 6. The Balaban J connectivity index is 2.16. The summed E-state index contributed by atoms with van der Waals surface area (Å²) < 4.78 is 0. The molecule has 2 N–H and O–H groups in total. The van der Waals surface area contributed by atoms with Crippen LogP contribution in [0.4, 0.5) is 0 Å². The molecule has 1 aromatic rings. The number of ketones is 1. The van der Waals surface area contributed by atoms with E-state index in [1.165, 1.54) is 12.2 Å². The smallest absolute Gasteiger partial charge is 0.182 e. The number of hydrogen-bond donors (Lipinski definition) is 2. The van der Waals surface area contributed by atoms with Gasteiger partial charge in [0.2, 0.25) is 0 Å². The molecule has 1 aliphatic carbocycles. The molecule has 1 heterocycles. The van der Waals surface area contributed by atoms with Crippen molar-refractivity contribution in [1.82, 2.24) is 5.06 Å². The molecule has 0 saturated heterocycles. The fourth-order valence-electron chi connectivity index (χ4n) is 2.11. The van der Waals surface area contributed by atoms with Crippen molar-refractivity contribution >= 4 is 29.4 Å². The highest BCUT2D eigenvalue weighted by Gasteiger charge is 2.25. The summed E-state index contributed by atoms with van der Waals surface area (Å²) in [5.74, 6) is -0.584. The summed E-state index contributed by atoms with van der Waals surface area (Å²) in [6, 6.07) is 6.79. The molecule has 0 saturated carbocycles. The van der Waals surface area contributed by atoms with Crippen LogP contribution in [0.5, 0.6) is 0 Å². The number of hydroxylamine groups is 2. The lowest BCUT2D eigenvalue weighted by molar-refractivity contribution is -0.110. The largest absolute Gasteiger partial charge is 0.507 e. The van der Waals surface area contributed by atoms with Crippen LogP contribution in [0.2, 0.25) is 5.02 Å². The van der Waals surface area contributed by atoms with E-state index in [0.29, 0.717) is 16.3 Å². The summed E-state index contributed by atoms with van der Waals surface area (Å²) in [5, 5.41) is 29.1. The summed E-state index contributed by atoms with van der Waals surface area (Å²) in [6.07, 6.45) is 4.88. The van der Waals surface area contributed by atoms with Crippen molar-refractivity contribution in [2.75, 3.05) is 0 Å². The number of carbonyl (C=O) groups excluding carboxylic acids is 1. The van der Waals surface area contributed by atoms with Crippen molar-refractivity contribution in [3.8, 4) is 0 Å². The van der Waals surface area contributed by atoms with E-state index in [-0.39, 0.29) is 22.8 Å². The van der Waals surface area contributed by atoms with Gasteiger partial charge in [-0.15, -0.1) is 10.2 Å². The van der Waals surface area contributed by atoms with Crippen LogP contribution in [0.1, 0.15) is 5.56 Å². The Morgan fingerprint density at radius 2 is 1.86 bits per heavy atom. The number of benzene rings is 1. The second-order valence-electron chi connectivity index (χ2n) is 4.56. The molecular weight excluding hydrogens is 306 g/mol. The van der Waals surface area contributed by atoms with Crippen LogP contribution >= 0.6 is 11.6 Å². The minimum Gasteiger partial charge on any atom is -0.507 e. The predicted molar refractivity (Wildman–Crippen MR) is 82.0 cm³/mol. The molecule has 6 nitrogen and oxygen atoms in total.